The number of cyclic esters (lactones) is 1. The molecule has 2 N–H and O–H groups in total. The minimum absolute atomic E-state index is 0.117. The third-order valence-electron chi connectivity index (χ3n) is 5.31. The molecule has 1 amide bonds. The summed E-state index contributed by atoms with van der Waals surface area (Å²) >= 11 is 0. The van der Waals surface area contributed by atoms with Gasteiger partial charge in [-0.3, -0.25) is 9.80 Å². The van der Waals surface area contributed by atoms with Gasteiger partial charge < -0.3 is 9.64 Å². The third kappa shape index (κ3) is 4.52. The van der Waals surface area contributed by atoms with Crippen LogP contribution in [0.1, 0.15) is 0 Å². The smallest absolute Gasteiger partial charge is 0.414 e. The number of anilines is 2. The Kier molecular flexibility index (Phi) is 5.44. The molecule has 0 saturated carbocycles. The van der Waals surface area contributed by atoms with Gasteiger partial charge in [-0.25, -0.2) is 18.4 Å². The van der Waals surface area contributed by atoms with Gasteiger partial charge >= 0.3 is 6.09 Å². The van der Waals surface area contributed by atoms with E-state index in [1.54, 1.807) is 17.0 Å². The Morgan fingerprint density at radius 3 is 2.21 bits per heavy atom. The highest BCUT2D eigenvalue weighted by molar-refractivity contribution is 7.89. The predicted molar refractivity (Wildman–Crippen MR) is 111 cm³/mol. The van der Waals surface area contributed by atoms with Crippen LogP contribution in [0, 0.1) is 0 Å². The fourth-order valence-corrected chi connectivity index (χ4v) is 4.27. The molecule has 2 aromatic carbocycles. The van der Waals surface area contributed by atoms with Crippen molar-refractivity contribution in [3.63, 3.8) is 0 Å². The van der Waals surface area contributed by atoms with Crippen molar-refractivity contribution in [2.45, 2.75) is 11.0 Å². The van der Waals surface area contributed by atoms with Crippen LogP contribution in [0.4, 0.5) is 16.2 Å². The van der Waals surface area contributed by atoms with E-state index in [4.69, 9.17) is 9.88 Å². The van der Waals surface area contributed by atoms with Crippen LogP contribution in [-0.4, -0.2) is 64.8 Å². The molecule has 2 aromatic rings. The van der Waals surface area contributed by atoms with Crippen LogP contribution in [0.2, 0.25) is 0 Å². The van der Waals surface area contributed by atoms with Gasteiger partial charge in [0.1, 0.15) is 6.10 Å². The fraction of sp³-hybridized carbons (Fsp3) is 0.350. The molecule has 29 heavy (non-hydrogen) atoms. The van der Waals surface area contributed by atoms with E-state index in [1.165, 1.54) is 12.1 Å². The van der Waals surface area contributed by atoms with Crippen molar-refractivity contribution in [2.24, 2.45) is 5.14 Å². The lowest BCUT2D eigenvalue weighted by Crippen LogP contribution is -2.49. The first-order valence-corrected chi connectivity index (χ1v) is 11.1. The largest absolute Gasteiger partial charge is 0.443 e. The number of ether oxygens (including phenoxy) is 1. The molecule has 2 aliphatic heterocycles. The second-order valence-electron chi connectivity index (χ2n) is 7.28. The second kappa shape index (κ2) is 8.02. The van der Waals surface area contributed by atoms with Crippen molar-refractivity contribution in [1.29, 1.82) is 0 Å². The van der Waals surface area contributed by atoms with Gasteiger partial charge in [0.15, 0.2) is 0 Å². The summed E-state index contributed by atoms with van der Waals surface area (Å²) in [5, 5.41) is 5.15. The minimum Gasteiger partial charge on any atom is -0.443 e. The van der Waals surface area contributed by atoms with Crippen LogP contribution in [-0.2, 0) is 14.8 Å². The number of carbonyl (C=O) groups is 1. The number of hydrogen-bond acceptors (Lipinski definition) is 6. The van der Waals surface area contributed by atoms with Crippen LogP contribution >= 0.6 is 0 Å². The lowest BCUT2D eigenvalue weighted by molar-refractivity contribution is 0.106. The van der Waals surface area contributed by atoms with Gasteiger partial charge in [-0.2, -0.15) is 0 Å². The van der Waals surface area contributed by atoms with Gasteiger partial charge in [0.05, 0.1) is 11.4 Å². The average molecular weight is 417 g/mol. The molecule has 0 spiro atoms. The summed E-state index contributed by atoms with van der Waals surface area (Å²) in [4.78, 5) is 18.5. The first-order valence-electron chi connectivity index (χ1n) is 9.53. The fourth-order valence-electron chi connectivity index (χ4n) is 3.76. The van der Waals surface area contributed by atoms with Crippen molar-refractivity contribution in [1.82, 2.24) is 4.90 Å². The van der Waals surface area contributed by atoms with E-state index in [0.29, 0.717) is 13.1 Å². The van der Waals surface area contributed by atoms with E-state index < -0.39 is 10.0 Å². The monoisotopic (exact) mass is 416 g/mol. The Balaban J connectivity index is 1.30. The summed E-state index contributed by atoms with van der Waals surface area (Å²) in [6.45, 7) is 4.58. The minimum atomic E-state index is -3.67. The van der Waals surface area contributed by atoms with E-state index in [-0.39, 0.29) is 17.1 Å². The Morgan fingerprint density at radius 2 is 1.59 bits per heavy atom. The number of carbonyl (C=O) groups excluding carboxylic acids is 1. The summed E-state index contributed by atoms with van der Waals surface area (Å²) in [7, 11) is -3.67. The van der Waals surface area contributed by atoms with E-state index in [0.717, 1.165) is 37.6 Å². The Labute approximate surface area is 170 Å². The Hall–Kier alpha value is -2.62. The van der Waals surface area contributed by atoms with Gasteiger partial charge in [0.25, 0.3) is 0 Å². The first-order chi connectivity index (χ1) is 13.9. The standard InChI is InChI=1S/C20H24N4O4S/c21-29(26,27)19-8-6-16(7-9-19)23-12-10-22(11-13-23)14-18-15-24(20(25)28-18)17-4-2-1-3-5-17/h1-9,18H,10-15H2,(H2,21,26,27). The molecule has 2 heterocycles. The van der Waals surface area contributed by atoms with Crippen molar-refractivity contribution in [3.05, 3.63) is 54.6 Å². The zero-order valence-electron chi connectivity index (χ0n) is 16.0. The number of para-hydroxylation sites is 1. The normalized spacial score (nSPS) is 20.7. The quantitative estimate of drug-likeness (QED) is 0.793. The van der Waals surface area contributed by atoms with E-state index in [2.05, 4.69) is 9.80 Å². The average Bonchev–Trinajstić information content (AvgIpc) is 3.09. The number of sulfonamides is 1. The van der Waals surface area contributed by atoms with Crippen molar-refractivity contribution < 1.29 is 17.9 Å². The van der Waals surface area contributed by atoms with Crippen LogP contribution in [0.5, 0.6) is 0 Å². The molecule has 0 aliphatic carbocycles. The van der Waals surface area contributed by atoms with Crippen LogP contribution in [0.25, 0.3) is 0 Å². The molecule has 154 valence electrons. The predicted octanol–water partition coefficient (Wildman–Crippen LogP) is 1.48. The highest BCUT2D eigenvalue weighted by Crippen LogP contribution is 2.23. The first kappa shape index (κ1) is 19.7. The molecular weight excluding hydrogens is 392 g/mol. The SMILES string of the molecule is NS(=O)(=O)c1ccc(N2CCN(CC3CN(c4ccccc4)C(=O)O3)CC2)cc1. The highest BCUT2D eigenvalue weighted by Gasteiger charge is 2.34. The number of rotatable bonds is 5. The number of benzene rings is 2. The molecule has 2 aliphatic rings. The number of hydrogen-bond donors (Lipinski definition) is 1. The maximum Gasteiger partial charge on any atom is 0.414 e. The van der Waals surface area contributed by atoms with Crippen LogP contribution < -0.4 is 14.9 Å². The lowest BCUT2D eigenvalue weighted by atomic mass is 10.2. The lowest BCUT2D eigenvalue weighted by Gasteiger charge is -2.36. The maximum absolute atomic E-state index is 12.2. The van der Waals surface area contributed by atoms with Crippen LogP contribution in [0.3, 0.4) is 0 Å². The highest BCUT2D eigenvalue weighted by atomic mass is 32.2. The molecule has 4 rings (SSSR count). The molecule has 8 nitrogen and oxygen atoms in total. The molecule has 0 bridgehead atoms. The molecule has 2 saturated heterocycles. The van der Waals surface area contributed by atoms with Gasteiger partial charge in [0.2, 0.25) is 10.0 Å². The molecule has 9 heteroatoms. The van der Waals surface area contributed by atoms with E-state index >= 15 is 0 Å². The van der Waals surface area contributed by atoms with Crippen molar-refractivity contribution in [3.8, 4) is 0 Å². The number of piperazine rings is 1. The second-order valence-corrected chi connectivity index (χ2v) is 8.84. The van der Waals surface area contributed by atoms with E-state index in [9.17, 15) is 13.2 Å². The number of amides is 1. The topological polar surface area (TPSA) is 96.2 Å². The zero-order chi connectivity index (χ0) is 20.4. The summed E-state index contributed by atoms with van der Waals surface area (Å²) in [5.41, 5.74) is 1.83. The summed E-state index contributed by atoms with van der Waals surface area (Å²) < 4.78 is 28.3. The van der Waals surface area contributed by atoms with Gasteiger partial charge in [-0.15, -0.1) is 0 Å². The molecule has 0 radical (unpaired) electrons. The third-order valence-corrected chi connectivity index (χ3v) is 6.24. The Bertz CT molecular complexity index is 958. The number of nitrogens with two attached hydrogens (primary N) is 1. The molecule has 1 unspecified atom stereocenters. The molecule has 0 aromatic heterocycles. The maximum atomic E-state index is 12.2. The van der Waals surface area contributed by atoms with Crippen molar-refractivity contribution in [2.75, 3.05) is 49.1 Å². The zero-order valence-corrected chi connectivity index (χ0v) is 16.8. The number of nitrogens with zero attached hydrogens (tertiary/aromatic N) is 3. The summed E-state index contributed by atoms with van der Waals surface area (Å²) in [6.07, 6.45) is -0.446. The summed E-state index contributed by atoms with van der Waals surface area (Å²) in [6, 6.07) is 16.2. The van der Waals surface area contributed by atoms with Crippen molar-refractivity contribution >= 4 is 27.5 Å². The summed E-state index contributed by atoms with van der Waals surface area (Å²) in [5.74, 6) is 0. The van der Waals surface area contributed by atoms with Gasteiger partial charge in [0, 0.05) is 44.1 Å². The molecule has 2 fully saturated rings. The molecular formula is C20H24N4O4S. The Morgan fingerprint density at radius 1 is 0.931 bits per heavy atom. The van der Waals surface area contributed by atoms with Crippen LogP contribution in [0.15, 0.2) is 59.5 Å². The van der Waals surface area contributed by atoms with Gasteiger partial charge in [-0.05, 0) is 36.4 Å². The molecule has 1 atom stereocenters. The van der Waals surface area contributed by atoms with Gasteiger partial charge in [-0.1, -0.05) is 18.2 Å². The number of primary sulfonamides is 1. The van der Waals surface area contributed by atoms with E-state index in [1.807, 2.05) is 30.3 Å².